The van der Waals surface area contributed by atoms with Gasteiger partial charge < -0.3 is 13.9 Å². The minimum Gasteiger partial charge on any atom is -0.493 e. The SMILES string of the molecule is COc1ccc(C2CC(=O)N3CN(Cc4ccco4)CSC3=C2C#N)cc1OC. The molecule has 2 aliphatic rings. The second-order valence-electron chi connectivity index (χ2n) is 6.85. The molecular formula is C21H21N3O4S. The van der Waals surface area contributed by atoms with Crippen molar-refractivity contribution in [1.29, 1.82) is 5.26 Å². The lowest BCUT2D eigenvalue weighted by atomic mass is 9.86. The Labute approximate surface area is 173 Å². The summed E-state index contributed by atoms with van der Waals surface area (Å²) in [4.78, 5) is 16.8. The number of rotatable bonds is 5. The van der Waals surface area contributed by atoms with Gasteiger partial charge >= 0.3 is 0 Å². The van der Waals surface area contributed by atoms with Gasteiger partial charge in [-0.05, 0) is 29.8 Å². The van der Waals surface area contributed by atoms with Crippen LogP contribution < -0.4 is 9.47 Å². The fraction of sp³-hybridized carbons (Fsp3) is 0.333. The molecule has 0 spiro atoms. The first-order chi connectivity index (χ1) is 14.1. The van der Waals surface area contributed by atoms with E-state index in [0.29, 0.717) is 36.2 Å². The molecule has 29 heavy (non-hydrogen) atoms. The van der Waals surface area contributed by atoms with E-state index in [1.165, 1.54) is 11.8 Å². The summed E-state index contributed by atoms with van der Waals surface area (Å²) >= 11 is 1.52. The fourth-order valence-corrected chi connectivity index (χ4v) is 4.82. The molecule has 1 fully saturated rings. The molecule has 2 aliphatic heterocycles. The number of amides is 1. The van der Waals surface area contributed by atoms with Gasteiger partial charge in [-0.1, -0.05) is 17.8 Å². The Hall–Kier alpha value is -2.89. The molecule has 7 nitrogen and oxygen atoms in total. The van der Waals surface area contributed by atoms with Crippen molar-refractivity contribution in [2.75, 3.05) is 26.8 Å². The zero-order valence-corrected chi connectivity index (χ0v) is 17.1. The van der Waals surface area contributed by atoms with Crippen molar-refractivity contribution in [2.45, 2.75) is 18.9 Å². The summed E-state index contributed by atoms with van der Waals surface area (Å²) in [5, 5.41) is 10.7. The molecule has 1 aromatic heterocycles. The third-order valence-electron chi connectivity index (χ3n) is 5.12. The van der Waals surface area contributed by atoms with E-state index in [2.05, 4.69) is 11.0 Å². The van der Waals surface area contributed by atoms with Gasteiger partial charge in [0, 0.05) is 12.3 Å². The Morgan fingerprint density at radius 2 is 2.10 bits per heavy atom. The minimum atomic E-state index is -0.289. The van der Waals surface area contributed by atoms with Crippen molar-refractivity contribution in [3.63, 3.8) is 0 Å². The van der Waals surface area contributed by atoms with Crippen LogP contribution in [0.4, 0.5) is 0 Å². The standard InChI is InChI=1S/C21H21N3O4S/c1-26-18-6-5-14(8-19(18)27-2)16-9-20(25)24-12-23(11-15-4-3-7-28-15)13-29-21(24)17(16)10-22/h3-8,16H,9,11-13H2,1-2H3. The van der Waals surface area contributed by atoms with E-state index in [9.17, 15) is 10.1 Å². The van der Waals surface area contributed by atoms with Crippen LogP contribution in [0, 0.1) is 11.3 Å². The first kappa shape index (κ1) is 19.4. The second-order valence-corrected chi connectivity index (χ2v) is 7.78. The van der Waals surface area contributed by atoms with Crippen LogP contribution in [0.2, 0.25) is 0 Å². The quantitative estimate of drug-likeness (QED) is 0.745. The molecule has 1 amide bonds. The summed E-state index contributed by atoms with van der Waals surface area (Å²) in [6.07, 6.45) is 1.89. The number of methoxy groups -OCH3 is 2. The lowest BCUT2D eigenvalue weighted by Gasteiger charge is -2.41. The van der Waals surface area contributed by atoms with Gasteiger partial charge in [0.2, 0.25) is 5.91 Å². The molecule has 1 aromatic carbocycles. The molecule has 3 heterocycles. The monoisotopic (exact) mass is 411 g/mol. The molecule has 0 N–H and O–H groups in total. The molecule has 0 saturated carbocycles. The van der Waals surface area contributed by atoms with E-state index < -0.39 is 0 Å². The molecule has 1 saturated heterocycles. The highest BCUT2D eigenvalue weighted by atomic mass is 32.2. The number of hydrogen-bond acceptors (Lipinski definition) is 7. The maximum absolute atomic E-state index is 13.0. The Morgan fingerprint density at radius 3 is 2.79 bits per heavy atom. The van der Waals surface area contributed by atoms with Crippen molar-refractivity contribution in [1.82, 2.24) is 9.80 Å². The van der Waals surface area contributed by atoms with E-state index in [4.69, 9.17) is 13.9 Å². The van der Waals surface area contributed by atoms with Crippen LogP contribution in [-0.2, 0) is 11.3 Å². The molecule has 2 aromatic rings. The van der Waals surface area contributed by atoms with E-state index in [-0.39, 0.29) is 18.2 Å². The lowest BCUT2D eigenvalue weighted by molar-refractivity contribution is -0.132. The zero-order valence-electron chi connectivity index (χ0n) is 16.3. The number of thioether (sulfide) groups is 1. The van der Waals surface area contributed by atoms with Gasteiger partial charge in [-0.25, -0.2) is 0 Å². The molecular weight excluding hydrogens is 390 g/mol. The molecule has 0 radical (unpaired) electrons. The number of furan rings is 1. The highest BCUT2D eigenvalue weighted by molar-refractivity contribution is 8.03. The van der Waals surface area contributed by atoms with Crippen molar-refractivity contribution < 1.29 is 18.7 Å². The fourth-order valence-electron chi connectivity index (χ4n) is 3.68. The van der Waals surface area contributed by atoms with E-state index in [0.717, 1.165) is 16.4 Å². The third-order valence-corrected chi connectivity index (χ3v) is 6.33. The number of benzene rings is 1. The van der Waals surface area contributed by atoms with Gasteiger partial charge in [-0.15, -0.1) is 0 Å². The maximum Gasteiger partial charge on any atom is 0.229 e. The molecule has 1 unspecified atom stereocenters. The molecule has 8 heteroatoms. The van der Waals surface area contributed by atoms with Crippen LogP contribution >= 0.6 is 11.8 Å². The van der Waals surface area contributed by atoms with Gasteiger partial charge in [0.05, 0.1) is 56.2 Å². The van der Waals surface area contributed by atoms with Gasteiger partial charge in [-0.3, -0.25) is 14.6 Å². The largest absolute Gasteiger partial charge is 0.493 e. The average molecular weight is 411 g/mol. The molecule has 0 bridgehead atoms. The Bertz CT molecular complexity index is 980. The first-order valence-electron chi connectivity index (χ1n) is 9.18. The van der Waals surface area contributed by atoms with Crippen LogP contribution in [0.25, 0.3) is 0 Å². The highest BCUT2D eigenvalue weighted by Crippen LogP contribution is 2.44. The molecule has 150 valence electrons. The summed E-state index contributed by atoms with van der Waals surface area (Å²) in [5.41, 5.74) is 1.50. The zero-order chi connectivity index (χ0) is 20.4. The van der Waals surface area contributed by atoms with Gasteiger partial charge in [0.15, 0.2) is 11.5 Å². The number of hydrogen-bond donors (Lipinski definition) is 0. The summed E-state index contributed by atoms with van der Waals surface area (Å²) < 4.78 is 16.1. The second kappa shape index (κ2) is 8.23. The van der Waals surface area contributed by atoms with E-state index >= 15 is 0 Å². The van der Waals surface area contributed by atoms with Gasteiger partial charge in [-0.2, -0.15) is 5.26 Å². The number of nitriles is 1. The normalized spacial score (nSPS) is 19.7. The molecule has 0 aliphatic carbocycles. The summed E-state index contributed by atoms with van der Waals surface area (Å²) in [6, 6.07) is 11.7. The van der Waals surface area contributed by atoms with Crippen LogP contribution in [0.3, 0.4) is 0 Å². The van der Waals surface area contributed by atoms with Crippen LogP contribution in [0.15, 0.2) is 51.6 Å². The lowest BCUT2D eigenvalue weighted by Crippen LogP contribution is -2.46. The number of allylic oxidation sites excluding steroid dienone is 1. The van der Waals surface area contributed by atoms with Crippen LogP contribution in [0.1, 0.15) is 23.7 Å². The number of carbonyl (C=O) groups excluding carboxylic acids is 1. The van der Waals surface area contributed by atoms with Gasteiger partial charge in [0.1, 0.15) is 5.76 Å². The van der Waals surface area contributed by atoms with Gasteiger partial charge in [0.25, 0.3) is 0 Å². The highest BCUT2D eigenvalue weighted by Gasteiger charge is 2.38. The third kappa shape index (κ3) is 3.71. The molecule has 4 rings (SSSR count). The summed E-state index contributed by atoms with van der Waals surface area (Å²) in [7, 11) is 3.15. The number of carbonyl (C=O) groups is 1. The smallest absolute Gasteiger partial charge is 0.229 e. The molecule has 1 atom stereocenters. The van der Waals surface area contributed by atoms with E-state index in [1.807, 2.05) is 30.3 Å². The Kier molecular flexibility index (Phi) is 5.51. The topological polar surface area (TPSA) is 78.9 Å². The predicted octanol–water partition coefficient (Wildman–Crippen LogP) is 3.51. The Morgan fingerprint density at radius 1 is 1.28 bits per heavy atom. The summed E-state index contributed by atoms with van der Waals surface area (Å²) in [6.45, 7) is 1.07. The van der Waals surface area contributed by atoms with E-state index in [1.54, 1.807) is 25.4 Å². The van der Waals surface area contributed by atoms with Crippen molar-refractivity contribution in [2.24, 2.45) is 0 Å². The van der Waals surface area contributed by atoms with Crippen LogP contribution in [0.5, 0.6) is 11.5 Å². The van der Waals surface area contributed by atoms with Crippen molar-refractivity contribution >= 4 is 17.7 Å². The maximum atomic E-state index is 13.0. The predicted molar refractivity (Wildman–Crippen MR) is 108 cm³/mol. The Balaban J connectivity index is 1.62. The van der Waals surface area contributed by atoms with Crippen molar-refractivity contribution in [3.8, 4) is 17.6 Å². The van der Waals surface area contributed by atoms with Crippen molar-refractivity contribution in [3.05, 3.63) is 58.5 Å². The number of ether oxygens (including phenoxy) is 2. The number of nitrogens with zero attached hydrogens (tertiary/aromatic N) is 3. The average Bonchev–Trinajstić information content (AvgIpc) is 3.26. The first-order valence-corrected chi connectivity index (χ1v) is 10.2. The number of fused-ring (bicyclic) bond motifs is 1. The summed E-state index contributed by atoms with van der Waals surface area (Å²) in [5.74, 6) is 2.46. The van der Waals surface area contributed by atoms with Crippen LogP contribution in [-0.4, -0.2) is 42.5 Å². The minimum absolute atomic E-state index is 0.00966.